The van der Waals surface area contributed by atoms with Gasteiger partial charge in [-0.05, 0) is 47.5 Å². The fourth-order valence-electron chi connectivity index (χ4n) is 7.25. The number of fused-ring (bicyclic) bond motifs is 7. The molecule has 0 spiro atoms. The van der Waals surface area contributed by atoms with Crippen LogP contribution in [0.25, 0.3) is 110 Å². The van der Waals surface area contributed by atoms with Crippen molar-refractivity contribution in [2.75, 3.05) is 0 Å². The van der Waals surface area contributed by atoms with E-state index in [4.69, 9.17) is 28.8 Å². The number of oxazole rings is 1. The van der Waals surface area contributed by atoms with Gasteiger partial charge in [0, 0.05) is 53.7 Å². The molecule has 0 fully saturated rings. The van der Waals surface area contributed by atoms with Crippen LogP contribution in [-0.4, -0.2) is 19.9 Å². The van der Waals surface area contributed by atoms with Crippen molar-refractivity contribution in [3.63, 3.8) is 0 Å². The first-order chi connectivity index (χ1) is 26.2. The van der Waals surface area contributed by atoms with Crippen molar-refractivity contribution in [2.45, 2.75) is 0 Å². The smallest absolute Gasteiger partial charge is 0.227 e. The maximum Gasteiger partial charge on any atom is 0.227 e. The van der Waals surface area contributed by atoms with Crippen LogP contribution < -0.4 is 0 Å². The Kier molecular flexibility index (Phi) is 6.62. The summed E-state index contributed by atoms with van der Waals surface area (Å²) in [6.07, 6.45) is 0. The first kappa shape index (κ1) is 29.7. The molecule has 11 aromatic rings. The average Bonchev–Trinajstić information content (AvgIpc) is 3.93. The summed E-state index contributed by atoms with van der Waals surface area (Å²) in [5.41, 5.74) is 8.71. The molecule has 0 N–H and O–H groups in total. The van der Waals surface area contributed by atoms with Gasteiger partial charge in [-0.15, -0.1) is 11.3 Å². The minimum absolute atomic E-state index is 0.525. The van der Waals surface area contributed by atoms with Crippen LogP contribution in [0, 0.1) is 0 Å². The minimum Gasteiger partial charge on any atom is -0.456 e. The Morgan fingerprint density at radius 3 is 1.79 bits per heavy atom. The maximum atomic E-state index is 6.58. The second kappa shape index (κ2) is 11.8. The minimum atomic E-state index is 0.525. The van der Waals surface area contributed by atoms with Gasteiger partial charge >= 0.3 is 0 Å². The fraction of sp³-hybridized carbons (Fsp3) is 0. The first-order valence-electron chi connectivity index (χ1n) is 17.4. The zero-order chi connectivity index (χ0) is 34.9. The zero-order valence-corrected chi connectivity index (χ0v) is 28.8. The molecule has 0 aliphatic heterocycles. The third-order valence-electron chi connectivity index (χ3n) is 9.79. The first-order valence-corrected chi connectivity index (χ1v) is 18.2. The lowest BCUT2D eigenvalue weighted by Crippen LogP contribution is -2.01. The van der Waals surface area contributed by atoms with Crippen LogP contribution in [0.3, 0.4) is 0 Å². The normalized spacial score (nSPS) is 11.8. The quantitative estimate of drug-likeness (QED) is 0.178. The lowest BCUT2D eigenvalue weighted by molar-refractivity contribution is 0.620. The molecule has 0 saturated carbocycles. The summed E-state index contributed by atoms with van der Waals surface area (Å²) in [6.45, 7) is 0. The molecule has 248 valence electrons. The molecule has 53 heavy (non-hydrogen) atoms. The van der Waals surface area contributed by atoms with Crippen LogP contribution in [0.4, 0.5) is 0 Å². The number of hydrogen-bond acceptors (Lipinski definition) is 7. The topological polar surface area (TPSA) is 77.8 Å². The highest BCUT2D eigenvalue weighted by molar-refractivity contribution is 7.26. The standard InChI is InChI=1S/C46H26N4O2S/c1-3-11-27(12-4-1)28-19-21-30(22-20-28)46-47-42-37(52-46)26-39-40(34-16-8-10-18-38(34)53-39)41(42)45-49-43(29-13-5-2-6-14-29)48-44(50-45)31-23-24-33-32-15-7-9-17-35(32)51-36(33)25-31/h1-26H. The lowest BCUT2D eigenvalue weighted by Gasteiger charge is -2.10. The third kappa shape index (κ3) is 4.93. The molecular weight excluding hydrogens is 673 g/mol. The molecule has 0 atom stereocenters. The van der Waals surface area contributed by atoms with E-state index in [0.29, 0.717) is 34.5 Å². The summed E-state index contributed by atoms with van der Waals surface area (Å²) < 4.78 is 15.1. The van der Waals surface area contributed by atoms with Crippen LogP contribution in [-0.2, 0) is 0 Å². The Bertz CT molecular complexity index is 3160. The number of rotatable bonds is 5. The molecule has 4 heterocycles. The maximum absolute atomic E-state index is 6.58. The molecule has 7 aromatic carbocycles. The van der Waals surface area contributed by atoms with Gasteiger partial charge in [0.25, 0.3) is 0 Å². The van der Waals surface area contributed by atoms with E-state index in [-0.39, 0.29) is 0 Å². The van der Waals surface area contributed by atoms with E-state index in [0.717, 1.165) is 70.8 Å². The van der Waals surface area contributed by atoms with E-state index >= 15 is 0 Å². The Morgan fingerprint density at radius 2 is 0.981 bits per heavy atom. The van der Waals surface area contributed by atoms with E-state index in [9.17, 15) is 0 Å². The third-order valence-corrected chi connectivity index (χ3v) is 10.9. The van der Waals surface area contributed by atoms with Crippen molar-refractivity contribution in [3.8, 4) is 56.7 Å². The second-order valence-electron chi connectivity index (χ2n) is 13.0. The van der Waals surface area contributed by atoms with Gasteiger partial charge in [0.2, 0.25) is 5.89 Å². The molecule has 11 rings (SSSR count). The predicted octanol–water partition coefficient (Wildman–Crippen LogP) is 12.6. The zero-order valence-electron chi connectivity index (χ0n) is 28.0. The fourth-order valence-corrected chi connectivity index (χ4v) is 8.39. The average molecular weight is 699 g/mol. The van der Waals surface area contributed by atoms with Gasteiger partial charge in [0.05, 0.1) is 5.56 Å². The Labute approximate surface area is 306 Å². The molecule has 0 unspecified atom stereocenters. The number of benzene rings is 7. The van der Waals surface area contributed by atoms with Crippen molar-refractivity contribution in [1.82, 2.24) is 19.9 Å². The molecule has 7 heteroatoms. The Balaban J connectivity index is 1.15. The SMILES string of the molecule is c1ccc(-c2ccc(-c3nc4c(-c5nc(-c6ccccc6)nc(-c6ccc7c(c6)oc6ccccc67)n5)c5c(cc4o3)sc3ccccc35)cc2)cc1. The van der Waals surface area contributed by atoms with Crippen LogP contribution >= 0.6 is 11.3 Å². The van der Waals surface area contributed by atoms with Gasteiger partial charge in [-0.25, -0.2) is 19.9 Å². The van der Waals surface area contributed by atoms with Crippen molar-refractivity contribution in [3.05, 3.63) is 158 Å². The van der Waals surface area contributed by atoms with Crippen molar-refractivity contribution in [2.24, 2.45) is 0 Å². The molecule has 0 radical (unpaired) electrons. The highest BCUT2D eigenvalue weighted by Crippen LogP contribution is 2.45. The van der Waals surface area contributed by atoms with Gasteiger partial charge in [0.15, 0.2) is 23.1 Å². The number of hydrogen-bond donors (Lipinski definition) is 0. The summed E-state index contributed by atoms with van der Waals surface area (Å²) in [6, 6.07) is 53.5. The summed E-state index contributed by atoms with van der Waals surface area (Å²) in [4.78, 5) is 20.7. The highest BCUT2D eigenvalue weighted by atomic mass is 32.1. The molecule has 6 nitrogen and oxygen atoms in total. The van der Waals surface area contributed by atoms with Crippen molar-refractivity contribution >= 4 is 64.5 Å². The predicted molar refractivity (Wildman–Crippen MR) is 215 cm³/mol. The number of furan rings is 1. The Morgan fingerprint density at radius 1 is 0.377 bits per heavy atom. The number of para-hydroxylation sites is 1. The summed E-state index contributed by atoms with van der Waals surface area (Å²) >= 11 is 1.72. The van der Waals surface area contributed by atoms with Gasteiger partial charge in [-0.3, -0.25) is 0 Å². The largest absolute Gasteiger partial charge is 0.456 e. The summed E-state index contributed by atoms with van der Waals surface area (Å²) in [5, 5.41) is 4.28. The monoisotopic (exact) mass is 698 g/mol. The van der Waals surface area contributed by atoms with Crippen molar-refractivity contribution < 1.29 is 8.83 Å². The molecule has 0 saturated heterocycles. The second-order valence-corrected chi connectivity index (χ2v) is 14.1. The van der Waals surface area contributed by atoms with Gasteiger partial charge in [-0.1, -0.05) is 115 Å². The summed E-state index contributed by atoms with van der Waals surface area (Å²) in [5.74, 6) is 2.18. The molecule has 0 bridgehead atoms. The molecule has 0 amide bonds. The molecule has 0 aliphatic rings. The van der Waals surface area contributed by atoms with Crippen molar-refractivity contribution in [1.29, 1.82) is 0 Å². The van der Waals surface area contributed by atoms with Gasteiger partial charge in [0.1, 0.15) is 16.7 Å². The van der Waals surface area contributed by atoms with E-state index in [2.05, 4.69) is 84.9 Å². The lowest BCUT2D eigenvalue weighted by atomic mass is 10.0. The van der Waals surface area contributed by atoms with E-state index in [1.165, 1.54) is 4.70 Å². The molecule has 0 aliphatic carbocycles. The number of aromatic nitrogens is 4. The molecular formula is C46H26N4O2S. The van der Waals surface area contributed by atoms with Crippen LogP contribution in [0.1, 0.15) is 0 Å². The van der Waals surface area contributed by atoms with E-state index in [1.54, 1.807) is 11.3 Å². The van der Waals surface area contributed by atoms with Crippen LogP contribution in [0.2, 0.25) is 0 Å². The number of thiophene rings is 1. The van der Waals surface area contributed by atoms with E-state index < -0.39 is 0 Å². The summed E-state index contributed by atoms with van der Waals surface area (Å²) in [7, 11) is 0. The van der Waals surface area contributed by atoms with Crippen LogP contribution in [0.5, 0.6) is 0 Å². The van der Waals surface area contributed by atoms with Gasteiger partial charge < -0.3 is 8.83 Å². The van der Waals surface area contributed by atoms with Gasteiger partial charge in [-0.2, -0.15) is 0 Å². The highest BCUT2D eigenvalue weighted by Gasteiger charge is 2.24. The van der Waals surface area contributed by atoms with Crippen LogP contribution in [0.15, 0.2) is 167 Å². The molecule has 4 aromatic heterocycles. The number of nitrogens with zero attached hydrogens (tertiary/aromatic N) is 4. The Hall–Kier alpha value is -6.96. The van der Waals surface area contributed by atoms with E-state index in [1.807, 2.05) is 72.8 Å².